The van der Waals surface area contributed by atoms with Gasteiger partial charge in [-0.05, 0) is 23.3 Å². The van der Waals surface area contributed by atoms with E-state index in [1.54, 1.807) is 23.9 Å². The van der Waals surface area contributed by atoms with Crippen LogP contribution in [-0.4, -0.2) is 28.3 Å². The number of amides is 2. The third kappa shape index (κ3) is 1.83. The van der Waals surface area contributed by atoms with Crippen LogP contribution in [0.5, 0.6) is 0 Å². The van der Waals surface area contributed by atoms with Crippen LogP contribution in [-0.2, 0) is 0 Å². The first-order valence-electron chi connectivity index (χ1n) is 6.19. The molecule has 0 saturated carbocycles. The Balaban J connectivity index is 2.19. The molecule has 3 nitrogen and oxygen atoms in total. The van der Waals surface area contributed by atoms with E-state index in [2.05, 4.69) is 0 Å². The van der Waals surface area contributed by atoms with Gasteiger partial charge in [0.15, 0.2) is 0 Å². The number of hydrogen-bond acceptors (Lipinski definition) is 3. The summed E-state index contributed by atoms with van der Waals surface area (Å²) >= 11 is 1.57. The van der Waals surface area contributed by atoms with Crippen LogP contribution < -0.4 is 0 Å². The Hall–Kier alpha value is -1.81. The van der Waals surface area contributed by atoms with Gasteiger partial charge in [0, 0.05) is 16.5 Å². The maximum Gasteiger partial charge on any atom is 0.262 e. The molecule has 1 aliphatic heterocycles. The highest BCUT2D eigenvalue weighted by molar-refractivity contribution is 7.99. The van der Waals surface area contributed by atoms with E-state index in [9.17, 15) is 9.59 Å². The lowest BCUT2D eigenvalue weighted by Crippen LogP contribution is -2.40. The molecule has 19 heavy (non-hydrogen) atoms. The molecule has 2 aromatic carbocycles. The lowest BCUT2D eigenvalue weighted by Gasteiger charge is -2.26. The van der Waals surface area contributed by atoms with Gasteiger partial charge in [-0.15, -0.1) is 11.8 Å². The third-order valence-electron chi connectivity index (χ3n) is 3.28. The van der Waals surface area contributed by atoms with Gasteiger partial charge in [-0.1, -0.05) is 31.2 Å². The summed E-state index contributed by atoms with van der Waals surface area (Å²) in [5.74, 6) is 0.924. The van der Waals surface area contributed by atoms with E-state index >= 15 is 0 Å². The molecule has 0 atom stereocenters. The highest BCUT2D eigenvalue weighted by Gasteiger charge is 2.32. The number of benzene rings is 2. The van der Waals surface area contributed by atoms with Gasteiger partial charge in [-0.3, -0.25) is 14.5 Å². The number of carbonyl (C=O) groups excluding carboxylic acids is 2. The van der Waals surface area contributed by atoms with Gasteiger partial charge in [0.1, 0.15) is 0 Å². The molecule has 2 aromatic rings. The Labute approximate surface area is 115 Å². The lowest BCUT2D eigenvalue weighted by atomic mass is 9.94. The van der Waals surface area contributed by atoms with E-state index in [1.807, 2.05) is 31.2 Å². The van der Waals surface area contributed by atoms with Crippen LogP contribution in [0, 0.1) is 0 Å². The molecule has 3 rings (SSSR count). The normalized spacial score (nSPS) is 14.3. The van der Waals surface area contributed by atoms with Crippen LogP contribution in [0.4, 0.5) is 0 Å². The average molecular weight is 271 g/mol. The molecule has 0 radical (unpaired) electrons. The Bertz CT molecular complexity index is 630. The molecular formula is C15H13NO2S. The smallest absolute Gasteiger partial charge is 0.262 e. The standard InChI is InChI=1S/C15H13NO2S/c1-2-19-9-16-14(17)11-7-3-5-10-6-4-8-12(13(10)11)15(16)18/h3-8H,2,9H2,1H3. The van der Waals surface area contributed by atoms with Gasteiger partial charge < -0.3 is 0 Å². The molecule has 96 valence electrons. The lowest BCUT2D eigenvalue weighted by molar-refractivity contribution is 0.0641. The molecule has 0 saturated heterocycles. The first-order valence-corrected chi connectivity index (χ1v) is 7.35. The summed E-state index contributed by atoms with van der Waals surface area (Å²) in [7, 11) is 0. The van der Waals surface area contributed by atoms with Gasteiger partial charge in [0.2, 0.25) is 0 Å². The average Bonchev–Trinajstić information content (AvgIpc) is 2.44. The van der Waals surface area contributed by atoms with E-state index in [1.165, 1.54) is 4.90 Å². The van der Waals surface area contributed by atoms with Crippen molar-refractivity contribution in [3.63, 3.8) is 0 Å². The minimum atomic E-state index is -0.185. The first-order chi connectivity index (χ1) is 9.24. The summed E-state index contributed by atoms with van der Waals surface area (Å²) in [4.78, 5) is 26.2. The van der Waals surface area contributed by atoms with Crippen molar-refractivity contribution in [2.45, 2.75) is 6.92 Å². The van der Waals surface area contributed by atoms with Crippen molar-refractivity contribution in [3.8, 4) is 0 Å². The van der Waals surface area contributed by atoms with Crippen LogP contribution in [0.25, 0.3) is 10.8 Å². The van der Waals surface area contributed by atoms with Crippen molar-refractivity contribution >= 4 is 34.3 Å². The molecule has 0 aliphatic carbocycles. The second kappa shape index (κ2) is 4.70. The Morgan fingerprint density at radius 1 is 1.00 bits per heavy atom. The molecule has 0 unspecified atom stereocenters. The summed E-state index contributed by atoms with van der Waals surface area (Å²) in [6, 6.07) is 11.2. The minimum Gasteiger partial charge on any atom is -0.269 e. The summed E-state index contributed by atoms with van der Waals surface area (Å²) < 4.78 is 0. The van der Waals surface area contributed by atoms with Crippen LogP contribution in [0.3, 0.4) is 0 Å². The second-order valence-electron chi connectivity index (χ2n) is 4.37. The molecular weight excluding hydrogens is 258 g/mol. The quantitative estimate of drug-likeness (QED) is 0.805. The SMILES string of the molecule is CCSCN1C(=O)c2cccc3cccc(c23)C1=O. The van der Waals surface area contributed by atoms with Crippen molar-refractivity contribution in [1.29, 1.82) is 0 Å². The van der Waals surface area contributed by atoms with E-state index in [0.717, 1.165) is 16.5 Å². The predicted octanol–water partition coefficient (Wildman–Crippen LogP) is 3.15. The Morgan fingerprint density at radius 2 is 1.58 bits per heavy atom. The molecule has 0 spiro atoms. The number of thioether (sulfide) groups is 1. The molecule has 2 amide bonds. The van der Waals surface area contributed by atoms with Crippen molar-refractivity contribution in [1.82, 2.24) is 4.90 Å². The van der Waals surface area contributed by atoms with Gasteiger partial charge in [0.25, 0.3) is 11.8 Å². The maximum absolute atomic E-state index is 12.4. The number of imide groups is 1. The first kappa shape index (κ1) is 12.2. The zero-order chi connectivity index (χ0) is 13.4. The van der Waals surface area contributed by atoms with Crippen LogP contribution >= 0.6 is 11.8 Å². The van der Waals surface area contributed by atoms with Crippen LogP contribution in [0.2, 0.25) is 0 Å². The monoisotopic (exact) mass is 271 g/mol. The van der Waals surface area contributed by atoms with E-state index in [-0.39, 0.29) is 11.8 Å². The predicted molar refractivity (Wildman–Crippen MR) is 77.4 cm³/mol. The van der Waals surface area contributed by atoms with Crippen molar-refractivity contribution < 1.29 is 9.59 Å². The van der Waals surface area contributed by atoms with Gasteiger partial charge in [0.05, 0.1) is 5.88 Å². The van der Waals surface area contributed by atoms with Gasteiger partial charge in [-0.25, -0.2) is 0 Å². The highest BCUT2D eigenvalue weighted by Crippen LogP contribution is 2.30. The fourth-order valence-corrected chi connectivity index (χ4v) is 2.98. The Morgan fingerprint density at radius 3 is 2.11 bits per heavy atom. The molecule has 0 aromatic heterocycles. The van der Waals surface area contributed by atoms with Crippen LogP contribution in [0.15, 0.2) is 36.4 Å². The summed E-state index contributed by atoms with van der Waals surface area (Å²) in [5, 5.41) is 1.73. The van der Waals surface area contributed by atoms with Crippen molar-refractivity contribution in [2.24, 2.45) is 0 Å². The molecule has 0 fully saturated rings. The van der Waals surface area contributed by atoms with E-state index in [0.29, 0.717) is 17.0 Å². The minimum absolute atomic E-state index is 0.185. The van der Waals surface area contributed by atoms with E-state index in [4.69, 9.17) is 0 Å². The fraction of sp³-hybridized carbons (Fsp3) is 0.200. The number of rotatable bonds is 3. The van der Waals surface area contributed by atoms with E-state index < -0.39 is 0 Å². The molecule has 1 heterocycles. The second-order valence-corrected chi connectivity index (χ2v) is 5.61. The molecule has 4 heteroatoms. The molecule has 0 N–H and O–H groups in total. The zero-order valence-electron chi connectivity index (χ0n) is 10.6. The number of hydrogen-bond donors (Lipinski definition) is 0. The van der Waals surface area contributed by atoms with Crippen molar-refractivity contribution in [2.75, 3.05) is 11.6 Å². The summed E-state index contributed by atoms with van der Waals surface area (Å²) in [6.45, 7) is 2.01. The highest BCUT2D eigenvalue weighted by atomic mass is 32.2. The molecule has 0 bridgehead atoms. The summed E-state index contributed by atoms with van der Waals surface area (Å²) in [6.07, 6.45) is 0. The van der Waals surface area contributed by atoms with Crippen LogP contribution in [0.1, 0.15) is 27.6 Å². The molecule has 1 aliphatic rings. The topological polar surface area (TPSA) is 37.4 Å². The summed E-state index contributed by atoms with van der Waals surface area (Å²) in [5.41, 5.74) is 1.26. The zero-order valence-corrected chi connectivity index (χ0v) is 11.4. The number of carbonyl (C=O) groups is 2. The fourth-order valence-electron chi connectivity index (χ4n) is 2.38. The number of nitrogens with zero attached hydrogens (tertiary/aromatic N) is 1. The largest absolute Gasteiger partial charge is 0.269 e. The third-order valence-corrected chi connectivity index (χ3v) is 4.13. The van der Waals surface area contributed by atoms with Gasteiger partial charge >= 0.3 is 0 Å². The van der Waals surface area contributed by atoms with Crippen molar-refractivity contribution in [3.05, 3.63) is 47.5 Å². The van der Waals surface area contributed by atoms with Gasteiger partial charge in [-0.2, -0.15) is 0 Å². The maximum atomic E-state index is 12.4. The Kier molecular flexibility index (Phi) is 3.03.